The Morgan fingerprint density at radius 3 is 2.69 bits per heavy atom. The monoisotopic (exact) mass is 661 g/mol. The van der Waals surface area contributed by atoms with E-state index in [1.807, 2.05) is 7.05 Å². The van der Waals surface area contributed by atoms with Gasteiger partial charge in [-0.1, -0.05) is 17.3 Å². The molecule has 2 saturated heterocycles. The number of fused-ring (bicyclic) bond motifs is 3. The Balaban J connectivity index is 1.25. The van der Waals surface area contributed by atoms with Gasteiger partial charge in [-0.25, -0.2) is 4.39 Å². The average Bonchev–Trinajstić information content (AvgIpc) is 3.70. The van der Waals surface area contributed by atoms with Crippen LogP contribution in [0.1, 0.15) is 41.2 Å². The van der Waals surface area contributed by atoms with Crippen LogP contribution in [0.4, 0.5) is 36.4 Å². The van der Waals surface area contributed by atoms with E-state index in [1.165, 1.54) is 7.05 Å². The van der Waals surface area contributed by atoms with Crippen LogP contribution in [-0.4, -0.2) is 74.6 Å². The Bertz CT molecular complexity index is 1720. The van der Waals surface area contributed by atoms with E-state index in [1.54, 1.807) is 18.2 Å². The van der Waals surface area contributed by atoms with Crippen LogP contribution in [0.25, 0.3) is 20.8 Å². The van der Waals surface area contributed by atoms with Gasteiger partial charge in [-0.05, 0) is 43.3 Å². The van der Waals surface area contributed by atoms with Crippen molar-refractivity contribution < 1.29 is 44.8 Å². The molecule has 0 saturated carbocycles. The summed E-state index contributed by atoms with van der Waals surface area (Å²) in [5.41, 5.74) is -0.253. The minimum atomic E-state index is -5.06. The highest BCUT2D eigenvalue weighted by Gasteiger charge is 2.46. The number of benzene rings is 1. The van der Waals surface area contributed by atoms with Crippen LogP contribution in [0.15, 0.2) is 28.9 Å². The molecule has 4 atom stereocenters. The molecule has 45 heavy (non-hydrogen) atoms. The van der Waals surface area contributed by atoms with Crippen LogP contribution in [0.5, 0.6) is 5.75 Å². The molecule has 242 valence electrons. The summed E-state index contributed by atoms with van der Waals surface area (Å²) in [7, 11) is 3.20. The molecular formula is C27H26F7N7O3S. The molecular weight excluding hydrogens is 635 g/mol. The molecule has 2 fully saturated rings. The standard InChI is InChI=1S/C27H26F7N7O3S/c1-40-11-18(43-27(32,33)34)21(38-40)25(42)35-10-19-37-24(39-44-19)23-14(9-26(29,30)31)13-4-3-5-15(22(13)45-23)36-16-8-12-6-7-17(20(16)28)41(12)2/h3-5,11-12,16-17,20,36H,6-10H2,1-2H3,(H,35,42)/t12-,16-,17+,20-/m1/s1. The van der Waals surface area contributed by atoms with Gasteiger partial charge >= 0.3 is 12.5 Å². The fraction of sp³-hybridized carbons (Fsp3) is 0.481. The Hall–Kier alpha value is -3.93. The number of aryl methyl sites for hydroxylation is 1. The van der Waals surface area contributed by atoms with E-state index in [9.17, 15) is 31.1 Å². The van der Waals surface area contributed by atoms with Crippen molar-refractivity contribution in [1.82, 2.24) is 30.1 Å². The van der Waals surface area contributed by atoms with E-state index in [0.717, 1.165) is 35.1 Å². The van der Waals surface area contributed by atoms with E-state index in [4.69, 9.17) is 4.52 Å². The smallest absolute Gasteiger partial charge is 0.402 e. The minimum Gasteiger partial charge on any atom is -0.402 e. The van der Waals surface area contributed by atoms with Gasteiger partial charge in [-0.2, -0.15) is 23.3 Å². The number of carbonyl (C=O) groups excluding carboxylic acids is 1. The topological polar surface area (TPSA) is 110 Å². The van der Waals surface area contributed by atoms with Crippen LogP contribution in [0.3, 0.4) is 0 Å². The van der Waals surface area contributed by atoms with Crippen LogP contribution in [0.2, 0.25) is 0 Å². The summed E-state index contributed by atoms with van der Waals surface area (Å²) in [5.74, 6) is -2.26. The summed E-state index contributed by atoms with van der Waals surface area (Å²) in [6, 6.07) is 4.32. The summed E-state index contributed by atoms with van der Waals surface area (Å²) in [6.45, 7) is -0.462. The number of piperidine rings is 1. The molecule has 3 aromatic heterocycles. The molecule has 4 aromatic rings. The van der Waals surface area contributed by atoms with E-state index in [2.05, 4.69) is 35.5 Å². The number of carbonyl (C=O) groups is 1. The molecule has 2 bridgehead atoms. The fourth-order valence-electron chi connectivity index (χ4n) is 6.06. The van der Waals surface area contributed by atoms with Gasteiger partial charge in [0, 0.05) is 19.1 Å². The molecule has 2 aliphatic rings. The normalized spacial score (nSPS) is 22.2. The molecule has 1 aromatic carbocycles. The molecule has 5 heterocycles. The summed E-state index contributed by atoms with van der Waals surface area (Å²) < 4.78 is 105. The number of anilines is 1. The zero-order chi connectivity index (χ0) is 32.3. The van der Waals surface area contributed by atoms with Crippen LogP contribution < -0.4 is 15.4 Å². The number of nitrogens with zero attached hydrogens (tertiary/aromatic N) is 5. The average molecular weight is 662 g/mol. The van der Waals surface area contributed by atoms with E-state index >= 15 is 4.39 Å². The largest absolute Gasteiger partial charge is 0.573 e. The number of hydrogen-bond acceptors (Lipinski definition) is 9. The number of ether oxygens (including phenoxy) is 1. The first-order valence-corrected chi connectivity index (χ1v) is 14.6. The highest BCUT2D eigenvalue weighted by molar-refractivity contribution is 7.23. The number of aromatic nitrogens is 4. The highest BCUT2D eigenvalue weighted by Crippen LogP contribution is 2.45. The molecule has 18 heteroatoms. The Labute approximate surface area is 254 Å². The van der Waals surface area contributed by atoms with Gasteiger partial charge in [0.2, 0.25) is 11.7 Å². The van der Waals surface area contributed by atoms with E-state index < -0.39 is 55.1 Å². The Kier molecular flexibility index (Phi) is 7.91. The third-order valence-corrected chi connectivity index (χ3v) is 9.29. The van der Waals surface area contributed by atoms with Gasteiger partial charge in [0.25, 0.3) is 5.91 Å². The van der Waals surface area contributed by atoms with Crippen molar-refractivity contribution in [2.45, 2.75) is 69.1 Å². The van der Waals surface area contributed by atoms with Gasteiger partial charge in [0.1, 0.15) is 6.17 Å². The third-order valence-electron chi connectivity index (χ3n) is 8.02. The lowest BCUT2D eigenvalue weighted by molar-refractivity contribution is -0.274. The van der Waals surface area contributed by atoms with Crippen LogP contribution >= 0.6 is 11.3 Å². The second kappa shape index (κ2) is 11.5. The molecule has 1 amide bonds. The predicted molar refractivity (Wildman–Crippen MR) is 147 cm³/mol. The maximum atomic E-state index is 15.4. The van der Waals surface area contributed by atoms with Crippen molar-refractivity contribution >= 4 is 33.0 Å². The molecule has 0 unspecified atom stereocenters. The number of rotatable bonds is 8. The highest BCUT2D eigenvalue weighted by atomic mass is 32.1. The summed E-state index contributed by atoms with van der Waals surface area (Å²) >= 11 is 0.993. The van der Waals surface area contributed by atoms with Gasteiger partial charge in [-0.15, -0.1) is 24.5 Å². The predicted octanol–water partition coefficient (Wildman–Crippen LogP) is 5.60. The Morgan fingerprint density at radius 1 is 1.18 bits per heavy atom. The number of amides is 1. The van der Waals surface area contributed by atoms with Crippen molar-refractivity contribution in [1.29, 1.82) is 0 Å². The van der Waals surface area contributed by atoms with E-state index in [-0.39, 0.29) is 34.2 Å². The van der Waals surface area contributed by atoms with Crippen molar-refractivity contribution in [3.8, 4) is 16.5 Å². The van der Waals surface area contributed by atoms with Gasteiger partial charge < -0.3 is 19.9 Å². The lowest BCUT2D eigenvalue weighted by Crippen LogP contribution is -2.53. The zero-order valence-electron chi connectivity index (χ0n) is 23.7. The van der Waals surface area contributed by atoms with Gasteiger partial charge in [-0.3, -0.25) is 14.4 Å². The summed E-state index contributed by atoms with van der Waals surface area (Å²) in [6.07, 6.45) is -9.04. The lowest BCUT2D eigenvalue weighted by atomic mass is 9.95. The SMILES string of the molecule is CN1[C@@H]2CC[C@H]1[C@H](F)[C@H](Nc1cccc3c(CC(F)(F)F)c(-c4noc(CNC(=O)c5nn(C)cc5OC(F)(F)F)n4)sc13)C2. The second-order valence-corrected chi connectivity index (χ2v) is 12.1. The maximum absolute atomic E-state index is 15.4. The fourth-order valence-corrected chi connectivity index (χ4v) is 7.28. The quantitative estimate of drug-likeness (QED) is 0.235. The van der Waals surface area contributed by atoms with Crippen LogP contribution in [0, 0.1) is 0 Å². The van der Waals surface area contributed by atoms with Crippen molar-refractivity contribution in [3.05, 3.63) is 41.5 Å². The molecule has 0 aliphatic carbocycles. The molecule has 2 aliphatic heterocycles. The Morgan fingerprint density at radius 2 is 1.96 bits per heavy atom. The maximum Gasteiger partial charge on any atom is 0.573 e. The zero-order valence-corrected chi connectivity index (χ0v) is 24.5. The summed E-state index contributed by atoms with van der Waals surface area (Å²) in [4.78, 5) is 18.8. The molecule has 2 N–H and O–H groups in total. The number of thiophene rings is 1. The first-order chi connectivity index (χ1) is 21.2. The number of halogens is 7. The van der Waals surface area contributed by atoms with Crippen LogP contribution in [-0.2, 0) is 20.0 Å². The second-order valence-electron chi connectivity index (χ2n) is 11.0. The van der Waals surface area contributed by atoms with Gasteiger partial charge in [0.15, 0.2) is 11.4 Å². The summed E-state index contributed by atoms with van der Waals surface area (Å²) in [5, 5.41) is 13.3. The van der Waals surface area contributed by atoms with Gasteiger partial charge in [0.05, 0.1) is 40.5 Å². The first-order valence-electron chi connectivity index (χ1n) is 13.8. The molecule has 0 spiro atoms. The lowest BCUT2D eigenvalue weighted by Gasteiger charge is -2.39. The third kappa shape index (κ3) is 6.43. The van der Waals surface area contributed by atoms with E-state index in [0.29, 0.717) is 22.2 Å². The number of alkyl halides is 7. The molecule has 10 nitrogen and oxygen atoms in total. The first kappa shape index (κ1) is 31.1. The number of nitrogens with one attached hydrogen (secondary N) is 2. The van der Waals surface area contributed by atoms with Crippen molar-refractivity contribution in [3.63, 3.8) is 0 Å². The molecule has 0 radical (unpaired) electrons. The minimum absolute atomic E-state index is 0.0729. The number of hydrogen-bond donors (Lipinski definition) is 2. The van der Waals surface area contributed by atoms with Crippen molar-refractivity contribution in [2.24, 2.45) is 7.05 Å². The van der Waals surface area contributed by atoms with Crippen molar-refractivity contribution in [2.75, 3.05) is 12.4 Å². The molecule has 6 rings (SSSR count).